The van der Waals surface area contributed by atoms with Crippen molar-refractivity contribution < 1.29 is 101 Å². The fourth-order valence-corrected chi connectivity index (χ4v) is 0.633. The van der Waals surface area contributed by atoms with Crippen LogP contribution in [-0.2, 0) is 28.7 Å². The zero-order valence-electron chi connectivity index (χ0n) is 12.2. The van der Waals surface area contributed by atoms with E-state index in [1.165, 1.54) is 0 Å². The van der Waals surface area contributed by atoms with E-state index in [9.17, 15) is 19.2 Å². The van der Waals surface area contributed by atoms with Crippen molar-refractivity contribution in [2.24, 2.45) is 0 Å². The predicted molar refractivity (Wildman–Crippen MR) is 48.6 cm³/mol. The van der Waals surface area contributed by atoms with Crippen LogP contribution in [-0.4, -0.2) is 47.3 Å². The molecule has 0 aliphatic rings. The molecule has 10 heteroatoms. The Balaban J connectivity index is -0.000000187. The maximum atomic E-state index is 10.8. The molecule has 2 N–H and O–H groups in total. The molecule has 0 rings (SSSR count). The number of hydrogen-bond donors (Lipinski definition) is 2. The summed E-state index contributed by atoms with van der Waals surface area (Å²) in [5.74, 6) is -4.34. The van der Waals surface area contributed by atoms with E-state index in [-0.39, 0.29) is 74.8 Å². The van der Waals surface area contributed by atoms with Gasteiger partial charge < -0.3 is 22.5 Å². The van der Waals surface area contributed by atoms with Crippen molar-refractivity contribution in [3.63, 3.8) is 0 Å². The summed E-state index contributed by atoms with van der Waals surface area (Å²) in [6.07, 6.45) is -0.711. The first-order chi connectivity index (χ1) is 7.41. The number of carboxylic acid groups (broad SMARTS) is 2. The smallest absolute Gasteiger partial charge is 1.00 e. The first kappa shape index (κ1) is 23.0. The van der Waals surface area contributed by atoms with E-state index in [0.717, 1.165) is 0 Å². The second-order valence-electron chi connectivity index (χ2n) is 2.61. The van der Waals surface area contributed by atoms with Gasteiger partial charge in [-0.15, -0.1) is 0 Å². The third kappa shape index (κ3) is 15.9. The average Bonchev–Trinajstić information content (AvgIpc) is 2.20. The summed E-state index contributed by atoms with van der Waals surface area (Å²) in [6, 6.07) is 0. The summed E-state index contributed by atoms with van der Waals surface area (Å²) < 4.78 is 8.43. The van der Waals surface area contributed by atoms with Crippen molar-refractivity contribution in [2.45, 2.75) is 12.8 Å². The van der Waals surface area contributed by atoms with Gasteiger partial charge in [0.1, 0.15) is 0 Å². The second-order valence-corrected chi connectivity index (χ2v) is 2.61. The van der Waals surface area contributed by atoms with Gasteiger partial charge in [0.15, 0.2) is 13.2 Å². The largest absolute Gasteiger partial charge is 1.00 e. The minimum atomic E-state index is -1.30. The standard InChI is InChI=1S/C8H10O8.2Na.2H/c9-5(10)3-15-7(13)1-2-8(14)16-4-6(11)12;;;;/h1-4H2,(H,9,10)(H,11,12);;;;/q;2*+1;2*-1. The molecule has 0 fully saturated rings. The van der Waals surface area contributed by atoms with E-state index in [1.807, 2.05) is 0 Å². The molecule has 0 aliphatic carbocycles. The molecule has 8 nitrogen and oxygen atoms in total. The summed E-state index contributed by atoms with van der Waals surface area (Å²) in [5.41, 5.74) is 0. The van der Waals surface area contributed by atoms with Gasteiger partial charge in [0, 0.05) is 0 Å². The molecular weight excluding hydrogens is 270 g/mol. The van der Waals surface area contributed by atoms with E-state index in [0.29, 0.717) is 0 Å². The number of carbonyl (C=O) groups excluding carboxylic acids is 2. The molecule has 0 atom stereocenters. The molecule has 0 heterocycles. The van der Waals surface area contributed by atoms with Crippen molar-refractivity contribution in [1.82, 2.24) is 0 Å². The second kappa shape index (κ2) is 13.3. The van der Waals surface area contributed by atoms with Crippen LogP contribution in [0.25, 0.3) is 0 Å². The SMILES string of the molecule is O=C(O)COC(=O)CCC(=O)OCC(=O)O.[H-].[H-].[Na+].[Na+]. The van der Waals surface area contributed by atoms with E-state index in [1.54, 1.807) is 0 Å². The maximum absolute atomic E-state index is 10.8. The number of carboxylic acids is 2. The third-order valence-corrected chi connectivity index (χ3v) is 1.25. The van der Waals surface area contributed by atoms with Gasteiger partial charge in [-0.2, -0.15) is 0 Å². The normalized spacial score (nSPS) is 8.22. The fourth-order valence-electron chi connectivity index (χ4n) is 0.633. The number of ether oxygens (including phenoxy) is 2. The Morgan fingerprint density at radius 1 is 0.778 bits per heavy atom. The summed E-state index contributed by atoms with van der Waals surface area (Å²) in [4.78, 5) is 41.5. The Hall–Kier alpha value is -0.120. The van der Waals surface area contributed by atoms with Crippen molar-refractivity contribution in [3.8, 4) is 0 Å². The first-order valence-electron chi connectivity index (χ1n) is 4.16. The molecule has 0 aromatic heterocycles. The molecule has 0 bridgehead atoms. The molecule has 0 aliphatic heterocycles. The molecule has 0 unspecified atom stereocenters. The van der Waals surface area contributed by atoms with Crippen LogP contribution in [0.2, 0.25) is 0 Å². The molecule has 94 valence electrons. The number of aliphatic carboxylic acids is 2. The quantitative estimate of drug-likeness (QED) is 0.348. The summed E-state index contributed by atoms with van der Waals surface area (Å²) >= 11 is 0. The number of esters is 2. The Morgan fingerprint density at radius 2 is 1.06 bits per heavy atom. The number of rotatable bonds is 7. The van der Waals surface area contributed by atoms with Crippen LogP contribution in [0.15, 0.2) is 0 Å². The summed E-state index contributed by atoms with van der Waals surface area (Å²) in [5, 5.41) is 16.3. The van der Waals surface area contributed by atoms with Gasteiger partial charge in [-0.05, 0) is 0 Å². The molecule has 0 amide bonds. The fraction of sp³-hybridized carbons (Fsp3) is 0.500. The van der Waals surface area contributed by atoms with Crippen LogP contribution in [0.1, 0.15) is 15.7 Å². The van der Waals surface area contributed by atoms with Crippen LogP contribution in [0.5, 0.6) is 0 Å². The monoisotopic (exact) mass is 282 g/mol. The molecular formula is C8H12Na2O8. The van der Waals surface area contributed by atoms with Gasteiger partial charge in [0.2, 0.25) is 0 Å². The Labute approximate surface area is 150 Å². The topological polar surface area (TPSA) is 127 Å². The van der Waals surface area contributed by atoms with Crippen molar-refractivity contribution >= 4 is 23.9 Å². The molecule has 0 radical (unpaired) electrons. The Morgan fingerprint density at radius 3 is 1.28 bits per heavy atom. The molecule has 0 aromatic carbocycles. The van der Waals surface area contributed by atoms with E-state index >= 15 is 0 Å². The van der Waals surface area contributed by atoms with E-state index in [4.69, 9.17) is 10.2 Å². The van der Waals surface area contributed by atoms with Crippen molar-refractivity contribution in [1.29, 1.82) is 0 Å². The third-order valence-electron chi connectivity index (χ3n) is 1.25. The Bertz CT molecular complexity index is 283. The molecule has 18 heavy (non-hydrogen) atoms. The van der Waals surface area contributed by atoms with Gasteiger partial charge in [-0.1, -0.05) is 0 Å². The van der Waals surface area contributed by atoms with Gasteiger partial charge in [-0.3, -0.25) is 9.59 Å². The van der Waals surface area contributed by atoms with Crippen molar-refractivity contribution in [3.05, 3.63) is 0 Å². The Kier molecular flexibility index (Phi) is 17.0. The first-order valence-corrected chi connectivity index (χ1v) is 4.16. The minimum Gasteiger partial charge on any atom is -1.00 e. The summed E-state index contributed by atoms with van der Waals surface area (Å²) in [7, 11) is 0. The number of carbonyl (C=O) groups is 4. The van der Waals surface area contributed by atoms with E-state index in [2.05, 4.69) is 9.47 Å². The van der Waals surface area contributed by atoms with Gasteiger partial charge in [-0.25, -0.2) is 9.59 Å². The van der Waals surface area contributed by atoms with Gasteiger partial charge >= 0.3 is 83.0 Å². The zero-order valence-corrected chi connectivity index (χ0v) is 14.2. The van der Waals surface area contributed by atoms with E-state index < -0.39 is 37.1 Å². The van der Waals surface area contributed by atoms with Crippen LogP contribution in [0.3, 0.4) is 0 Å². The van der Waals surface area contributed by atoms with Crippen LogP contribution >= 0.6 is 0 Å². The molecule has 0 saturated carbocycles. The van der Waals surface area contributed by atoms with Gasteiger partial charge in [0.05, 0.1) is 12.8 Å². The zero-order chi connectivity index (χ0) is 12.6. The predicted octanol–water partition coefficient (Wildman–Crippen LogP) is -6.74. The van der Waals surface area contributed by atoms with Crippen LogP contribution in [0, 0.1) is 0 Å². The minimum absolute atomic E-state index is 0. The molecule has 0 saturated heterocycles. The molecule has 0 spiro atoms. The van der Waals surface area contributed by atoms with Crippen LogP contribution in [0.4, 0.5) is 0 Å². The average molecular weight is 282 g/mol. The van der Waals surface area contributed by atoms with Gasteiger partial charge in [0.25, 0.3) is 0 Å². The van der Waals surface area contributed by atoms with Crippen molar-refractivity contribution in [2.75, 3.05) is 13.2 Å². The summed E-state index contributed by atoms with van der Waals surface area (Å²) in [6.45, 7) is -1.55. The molecule has 0 aromatic rings. The number of hydrogen-bond acceptors (Lipinski definition) is 6. The van der Waals surface area contributed by atoms with Crippen LogP contribution < -0.4 is 59.1 Å². The maximum Gasteiger partial charge on any atom is 1.00 e.